The summed E-state index contributed by atoms with van der Waals surface area (Å²) in [5.74, 6) is 1.52. The lowest BCUT2D eigenvalue weighted by atomic mass is 9.78. The Morgan fingerprint density at radius 3 is 1.88 bits per heavy atom. The van der Waals surface area contributed by atoms with Gasteiger partial charge >= 0.3 is 5.97 Å². The summed E-state index contributed by atoms with van der Waals surface area (Å²) in [4.78, 5) is 13.7. The molecule has 1 aliphatic carbocycles. The molecule has 0 aromatic heterocycles. The van der Waals surface area contributed by atoms with Crippen molar-refractivity contribution in [3.8, 4) is 39.9 Å². The molecule has 7 rings (SSSR count). The number of aliphatic hydroxyl groups is 1. The van der Waals surface area contributed by atoms with Crippen LogP contribution in [0.1, 0.15) is 44.8 Å². The lowest BCUT2D eigenvalue weighted by Crippen LogP contribution is -2.25. The highest BCUT2D eigenvalue weighted by Crippen LogP contribution is 2.60. The number of hydrogen-bond acceptors (Lipinski definition) is 9. The van der Waals surface area contributed by atoms with Crippen molar-refractivity contribution in [2.45, 2.75) is 25.4 Å². The SMILES string of the molecule is COCOc1cc(OCc2ccccc2)c2c(c1)[C@H](OC(=O)c1ccccc1)[C@@H](O)c1c-2c(OC)c2cccc(OCc3ccccc3)c2c1OC. The fraction of sp³-hybridized carbons (Fsp3) is 0.186. The molecule has 0 aliphatic heterocycles. The van der Waals surface area contributed by atoms with Gasteiger partial charge in [0.25, 0.3) is 0 Å². The second-order valence-electron chi connectivity index (χ2n) is 12.2. The van der Waals surface area contributed by atoms with Crippen LogP contribution in [0.5, 0.6) is 28.7 Å². The average Bonchev–Trinajstić information content (AvgIpc) is 3.19. The van der Waals surface area contributed by atoms with E-state index in [-0.39, 0.29) is 13.4 Å². The van der Waals surface area contributed by atoms with E-state index in [9.17, 15) is 9.90 Å². The van der Waals surface area contributed by atoms with Gasteiger partial charge in [-0.3, -0.25) is 0 Å². The number of rotatable bonds is 13. The Morgan fingerprint density at radius 1 is 0.654 bits per heavy atom. The van der Waals surface area contributed by atoms with Gasteiger partial charge in [-0.05, 0) is 35.4 Å². The number of fused-ring (bicyclic) bond motifs is 4. The molecule has 0 spiro atoms. The molecule has 2 atom stereocenters. The van der Waals surface area contributed by atoms with Gasteiger partial charge in [0.1, 0.15) is 48.1 Å². The molecular weight excluding hydrogens is 660 g/mol. The first kappa shape index (κ1) is 34.4. The number of benzene rings is 6. The zero-order chi connectivity index (χ0) is 36.0. The third-order valence-corrected chi connectivity index (χ3v) is 8.95. The van der Waals surface area contributed by atoms with Crippen LogP contribution in [-0.4, -0.2) is 39.2 Å². The molecule has 0 amide bonds. The van der Waals surface area contributed by atoms with Gasteiger partial charge in [-0.1, -0.05) is 91.0 Å². The van der Waals surface area contributed by atoms with Crippen LogP contribution in [0.4, 0.5) is 0 Å². The topological polar surface area (TPSA) is 102 Å². The highest BCUT2D eigenvalue weighted by atomic mass is 16.7. The smallest absolute Gasteiger partial charge is 0.338 e. The van der Waals surface area contributed by atoms with E-state index < -0.39 is 18.2 Å². The average molecular weight is 699 g/mol. The number of aliphatic hydroxyl groups excluding tert-OH is 1. The molecule has 264 valence electrons. The fourth-order valence-corrected chi connectivity index (χ4v) is 6.64. The highest BCUT2D eigenvalue weighted by molar-refractivity contribution is 6.06. The van der Waals surface area contributed by atoms with Crippen molar-refractivity contribution in [1.29, 1.82) is 0 Å². The molecule has 9 nitrogen and oxygen atoms in total. The van der Waals surface area contributed by atoms with Crippen LogP contribution in [0.15, 0.2) is 121 Å². The van der Waals surface area contributed by atoms with Gasteiger partial charge in [0, 0.05) is 40.8 Å². The van der Waals surface area contributed by atoms with Crippen molar-refractivity contribution in [1.82, 2.24) is 0 Å². The van der Waals surface area contributed by atoms with E-state index in [1.165, 1.54) is 14.2 Å². The van der Waals surface area contributed by atoms with E-state index in [0.29, 0.717) is 73.9 Å². The van der Waals surface area contributed by atoms with E-state index in [1.54, 1.807) is 43.5 Å². The number of ether oxygens (including phenoxy) is 7. The minimum Gasteiger partial charge on any atom is -0.496 e. The Labute approximate surface area is 301 Å². The van der Waals surface area contributed by atoms with Crippen LogP contribution in [0.3, 0.4) is 0 Å². The number of methoxy groups -OCH3 is 3. The maximum Gasteiger partial charge on any atom is 0.338 e. The summed E-state index contributed by atoms with van der Waals surface area (Å²) in [7, 11) is 4.64. The molecule has 0 bridgehead atoms. The van der Waals surface area contributed by atoms with Crippen molar-refractivity contribution in [3.05, 3.63) is 149 Å². The van der Waals surface area contributed by atoms with Gasteiger partial charge < -0.3 is 38.3 Å². The molecule has 0 saturated heterocycles. The quantitative estimate of drug-likeness (QED) is 0.0939. The van der Waals surface area contributed by atoms with Crippen molar-refractivity contribution < 1.29 is 43.1 Å². The van der Waals surface area contributed by atoms with E-state index in [2.05, 4.69) is 0 Å². The predicted molar refractivity (Wildman–Crippen MR) is 196 cm³/mol. The predicted octanol–water partition coefficient (Wildman–Crippen LogP) is 8.61. The third-order valence-electron chi connectivity index (χ3n) is 8.95. The van der Waals surface area contributed by atoms with Crippen LogP contribution in [0, 0.1) is 0 Å². The Bertz CT molecular complexity index is 2170. The van der Waals surface area contributed by atoms with Crippen LogP contribution >= 0.6 is 0 Å². The molecule has 6 aromatic carbocycles. The minimum absolute atomic E-state index is 0.0436. The monoisotopic (exact) mass is 698 g/mol. The molecule has 6 aromatic rings. The van der Waals surface area contributed by atoms with Gasteiger partial charge in [-0.15, -0.1) is 0 Å². The zero-order valence-corrected chi connectivity index (χ0v) is 29.0. The van der Waals surface area contributed by atoms with Gasteiger partial charge in [0.2, 0.25) is 0 Å². The Balaban J connectivity index is 1.47. The van der Waals surface area contributed by atoms with Crippen molar-refractivity contribution in [3.63, 3.8) is 0 Å². The summed E-state index contributed by atoms with van der Waals surface area (Å²) >= 11 is 0. The van der Waals surface area contributed by atoms with E-state index in [1.807, 2.05) is 84.9 Å². The Morgan fingerprint density at radius 2 is 1.27 bits per heavy atom. The van der Waals surface area contributed by atoms with Gasteiger partial charge in [-0.25, -0.2) is 4.79 Å². The third kappa shape index (κ3) is 6.71. The summed E-state index contributed by atoms with van der Waals surface area (Å²) in [5.41, 5.74) is 4.15. The molecule has 52 heavy (non-hydrogen) atoms. The van der Waals surface area contributed by atoms with Crippen LogP contribution < -0.4 is 23.7 Å². The largest absolute Gasteiger partial charge is 0.496 e. The van der Waals surface area contributed by atoms with Gasteiger partial charge in [-0.2, -0.15) is 0 Å². The minimum atomic E-state index is -1.41. The normalized spacial score (nSPS) is 14.5. The van der Waals surface area contributed by atoms with Gasteiger partial charge in [0.15, 0.2) is 12.9 Å². The fourth-order valence-electron chi connectivity index (χ4n) is 6.64. The molecule has 9 heteroatoms. The molecule has 0 heterocycles. The lowest BCUT2D eigenvalue weighted by molar-refractivity contribution is -0.0228. The van der Waals surface area contributed by atoms with Gasteiger partial charge in [0.05, 0.1) is 25.2 Å². The van der Waals surface area contributed by atoms with Crippen LogP contribution in [0.2, 0.25) is 0 Å². The van der Waals surface area contributed by atoms with E-state index in [4.69, 9.17) is 33.2 Å². The standard InChI is InChI=1S/C43H38O9/c1-46-26-51-30-22-32-35(34(23-30)50-25-28-16-9-5-10-17-28)37-38(39(44)41(32)52-43(45)29-18-11-6-12-19-29)42(48-3)36-31(40(37)47-2)20-13-21-33(36)49-24-27-14-7-4-8-15-27/h4-23,39,41,44H,24-26H2,1-3H3/t39-,41-/m0/s1. The zero-order valence-electron chi connectivity index (χ0n) is 29.0. The first-order chi connectivity index (χ1) is 25.5. The lowest BCUT2D eigenvalue weighted by Gasteiger charge is -2.36. The summed E-state index contributed by atoms with van der Waals surface area (Å²) in [6.45, 7) is 0.475. The molecule has 0 radical (unpaired) electrons. The molecule has 0 unspecified atom stereocenters. The molecular formula is C43H38O9. The molecule has 0 saturated carbocycles. The number of carbonyl (C=O) groups excluding carboxylic acids is 1. The van der Waals surface area contributed by atoms with E-state index in [0.717, 1.165) is 11.1 Å². The summed E-state index contributed by atoms with van der Waals surface area (Å²) in [6, 6.07) is 37.4. The second-order valence-corrected chi connectivity index (χ2v) is 12.2. The summed E-state index contributed by atoms with van der Waals surface area (Å²) in [5, 5.41) is 13.7. The first-order valence-corrected chi connectivity index (χ1v) is 16.8. The van der Waals surface area contributed by atoms with E-state index >= 15 is 0 Å². The maximum atomic E-state index is 13.7. The van der Waals surface area contributed by atoms with Crippen molar-refractivity contribution in [2.75, 3.05) is 28.1 Å². The Hall–Kier alpha value is -6.03. The summed E-state index contributed by atoms with van der Waals surface area (Å²) in [6.07, 6.45) is -2.63. The molecule has 0 fully saturated rings. The number of carbonyl (C=O) groups is 1. The first-order valence-electron chi connectivity index (χ1n) is 16.8. The molecule has 1 aliphatic rings. The number of esters is 1. The van der Waals surface area contributed by atoms with Crippen LogP contribution in [0.25, 0.3) is 21.9 Å². The summed E-state index contributed by atoms with van der Waals surface area (Å²) < 4.78 is 42.7. The number of hydrogen-bond donors (Lipinski definition) is 1. The van der Waals surface area contributed by atoms with Crippen LogP contribution in [-0.2, 0) is 22.7 Å². The highest BCUT2D eigenvalue weighted by Gasteiger charge is 2.43. The second kappa shape index (κ2) is 15.5. The van der Waals surface area contributed by atoms with Crippen molar-refractivity contribution in [2.24, 2.45) is 0 Å². The Kier molecular flexibility index (Phi) is 10.2. The molecule has 1 N–H and O–H groups in total. The van der Waals surface area contributed by atoms with Crippen molar-refractivity contribution >= 4 is 16.7 Å². The maximum absolute atomic E-state index is 13.7.